The first-order valence-corrected chi connectivity index (χ1v) is 8.81. The molecule has 0 aliphatic heterocycles. The fourth-order valence-corrected chi connectivity index (χ4v) is 3.01. The molecule has 7 nitrogen and oxygen atoms in total. The third kappa shape index (κ3) is 4.31. The summed E-state index contributed by atoms with van der Waals surface area (Å²) in [6, 6.07) is 8.44. The third-order valence-electron chi connectivity index (χ3n) is 4.51. The zero-order valence-corrected chi connectivity index (χ0v) is 16.6. The number of halogens is 1. The molecule has 0 spiro atoms. The maximum atomic E-state index is 13.8. The second-order valence-corrected chi connectivity index (χ2v) is 6.29. The van der Waals surface area contributed by atoms with Crippen molar-refractivity contribution < 1.29 is 23.4 Å². The number of hydrogen-bond donors (Lipinski definition) is 1. The molecule has 1 aromatic heterocycles. The molecular formula is C21H22FN3O4. The van der Waals surface area contributed by atoms with E-state index in [0.717, 1.165) is 6.07 Å². The Morgan fingerprint density at radius 3 is 2.31 bits per heavy atom. The van der Waals surface area contributed by atoms with E-state index in [4.69, 9.17) is 14.2 Å². The first-order chi connectivity index (χ1) is 14.0. The molecule has 8 heteroatoms. The topological polar surface area (TPSA) is 74.6 Å². The highest BCUT2D eigenvalue weighted by Gasteiger charge is 2.24. The highest BCUT2D eigenvalue weighted by Crippen LogP contribution is 2.30. The van der Waals surface area contributed by atoms with E-state index in [9.17, 15) is 9.18 Å². The molecule has 1 amide bonds. The van der Waals surface area contributed by atoms with Crippen LogP contribution >= 0.6 is 0 Å². The van der Waals surface area contributed by atoms with E-state index in [0.29, 0.717) is 22.9 Å². The molecule has 2 aromatic carbocycles. The van der Waals surface area contributed by atoms with Gasteiger partial charge in [0.15, 0.2) is 0 Å². The van der Waals surface area contributed by atoms with Gasteiger partial charge >= 0.3 is 0 Å². The number of methoxy groups -OCH3 is 3. The van der Waals surface area contributed by atoms with Crippen molar-refractivity contribution >= 4 is 5.91 Å². The van der Waals surface area contributed by atoms with Gasteiger partial charge in [-0.15, -0.1) is 0 Å². The molecule has 0 saturated heterocycles. The van der Waals surface area contributed by atoms with Gasteiger partial charge in [-0.3, -0.25) is 4.79 Å². The van der Waals surface area contributed by atoms with Crippen LogP contribution in [0.3, 0.4) is 0 Å². The molecule has 0 fully saturated rings. The normalized spacial score (nSPS) is 11.6. The van der Waals surface area contributed by atoms with Gasteiger partial charge in [0.1, 0.15) is 34.9 Å². The largest absolute Gasteiger partial charge is 0.497 e. The number of aromatic nitrogens is 2. The molecule has 3 rings (SSSR count). The minimum absolute atomic E-state index is 0.0848. The molecule has 0 aliphatic carbocycles. The van der Waals surface area contributed by atoms with Gasteiger partial charge in [-0.25, -0.2) is 9.37 Å². The number of rotatable bonds is 7. The fourth-order valence-electron chi connectivity index (χ4n) is 3.01. The van der Waals surface area contributed by atoms with Crippen LogP contribution in [0.5, 0.6) is 17.2 Å². The summed E-state index contributed by atoms with van der Waals surface area (Å²) in [5.74, 6) is 0.950. The van der Waals surface area contributed by atoms with Gasteiger partial charge in [0, 0.05) is 25.5 Å². The van der Waals surface area contributed by atoms with Gasteiger partial charge in [-0.2, -0.15) is 0 Å². The number of benzene rings is 2. The molecule has 1 heterocycles. The summed E-state index contributed by atoms with van der Waals surface area (Å²) in [6.07, 6.45) is 3.41. The van der Waals surface area contributed by atoms with E-state index in [1.807, 2.05) is 7.05 Å². The number of carbonyl (C=O) groups excluding carboxylic acids is 1. The Morgan fingerprint density at radius 2 is 1.76 bits per heavy atom. The van der Waals surface area contributed by atoms with Crippen molar-refractivity contribution in [2.45, 2.75) is 6.04 Å². The van der Waals surface area contributed by atoms with Gasteiger partial charge in [0.05, 0.1) is 26.9 Å². The molecule has 0 radical (unpaired) electrons. The molecule has 152 valence electrons. The first kappa shape index (κ1) is 20.2. The van der Waals surface area contributed by atoms with E-state index >= 15 is 0 Å². The van der Waals surface area contributed by atoms with E-state index < -0.39 is 17.8 Å². The molecule has 0 bridgehead atoms. The predicted molar refractivity (Wildman–Crippen MR) is 105 cm³/mol. The Hall–Kier alpha value is -3.55. The van der Waals surface area contributed by atoms with Crippen LogP contribution in [0.1, 0.15) is 27.8 Å². The van der Waals surface area contributed by atoms with E-state index in [1.54, 1.807) is 49.4 Å². The maximum Gasteiger partial charge on any atom is 0.256 e. The number of nitrogens with one attached hydrogen (secondary N) is 1. The van der Waals surface area contributed by atoms with E-state index in [1.165, 1.54) is 19.2 Å². The minimum atomic E-state index is -0.639. The van der Waals surface area contributed by atoms with Crippen LogP contribution in [0, 0.1) is 5.82 Å². The summed E-state index contributed by atoms with van der Waals surface area (Å²) in [5, 5.41) is 2.92. The number of hydrogen-bond acceptors (Lipinski definition) is 5. The SMILES string of the molecule is COc1cc(OC)cc(C(NC(=O)c2cc(F)ccc2OC)c2nccn2C)c1. The highest BCUT2D eigenvalue weighted by molar-refractivity contribution is 5.97. The lowest BCUT2D eigenvalue weighted by Crippen LogP contribution is -2.31. The van der Waals surface area contributed by atoms with Crippen LogP contribution in [0.2, 0.25) is 0 Å². The van der Waals surface area contributed by atoms with Crippen LogP contribution in [0.15, 0.2) is 48.8 Å². The second-order valence-electron chi connectivity index (χ2n) is 6.29. The summed E-state index contributed by atoms with van der Waals surface area (Å²) in [6.45, 7) is 0. The average Bonchev–Trinajstić information content (AvgIpc) is 3.16. The molecule has 1 unspecified atom stereocenters. The first-order valence-electron chi connectivity index (χ1n) is 8.81. The number of amides is 1. The van der Waals surface area contributed by atoms with Crippen LogP contribution in [-0.4, -0.2) is 36.8 Å². The van der Waals surface area contributed by atoms with Crippen LogP contribution < -0.4 is 19.5 Å². The van der Waals surface area contributed by atoms with Gasteiger partial charge in [-0.05, 0) is 35.9 Å². The van der Waals surface area contributed by atoms with Crippen molar-refractivity contribution in [1.29, 1.82) is 0 Å². The lowest BCUT2D eigenvalue weighted by atomic mass is 10.0. The van der Waals surface area contributed by atoms with E-state index in [-0.39, 0.29) is 11.3 Å². The maximum absolute atomic E-state index is 13.8. The van der Waals surface area contributed by atoms with Crippen LogP contribution in [0.25, 0.3) is 0 Å². The lowest BCUT2D eigenvalue weighted by Gasteiger charge is -2.21. The zero-order valence-electron chi connectivity index (χ0n) is 16.6. The Kier molecular flexibility index (Phi) is 6.01. The lowest BCUT2D eigenvalue weighted by molar-refractivity contribution is 0.0937. The standard InChI is InChI=1S/C21H22FN3O4/c1-25-8-7-23-20(25)19(13-9-15(27-2)12-16(10-13)28-3)24-21(26)17-11-14(22)5-6-18(17)29-4/h5-12,19H,1-4H3,(H,24,26). The molecule has 1 atom stereocenters. The van der Waals surface area contributed by atoms with Crippen LogP contribution in [-0.2, 0) is 7.05 Å². The summed E-state index contributed by atoms with van der Waals surface area (Å²) >= 11 is 0. The Bertz CT molecular complexity index is 997. The summed E-state index contributed by atoms with van der Waals surface area (Å²) in [4.78, 5) is 17.4. The minimum Gasteiger partial charge on any atom is -0.497 e. The Balaban J connectivity index is 2.06. The molecular weight excluding hydrogens is 377 g/mol. The van der Waals surface area contributed by atoms with E-state index in [2.05, 4.69) is 10.3 Å². The van der Waals surface area contributed by atoms with Crippen molar-refractivity contribution in [3.8, 4) is 17.2 Å². The van der Waals surface area contributed by atoms with Gasteiger partial charge in [-0.1, -0.05) is 0 Å². The number of imidazole rings is 1. The Labute approximate surface area is 168 Å². The molecule has 1 N–H and O–H groups in total. The number of carbonyl (C=O) groups is 1. The number of aryl methyl sites for hydroxylation is 1. The van der Waals surface area contributed by atoms with Crippen LogP contribution in [0.4, 0.5) is 4.39 Å². The number of ether oxygens (including phenoxy) is 3. The average molecular weight is 399 g/mol. The summed E-state index contributed by atoms with van der Waals surface area (Å²) in [5.41, 5.74) is 0.779. The van der Waals surface area contributed by atoms with Crippen molar-refractivity contribution in [3.63, 3.8) is 0 Å². The fraction of sp³-hybridized carbons (Fsp3) is 0.238. The Morgan fingerprint density at radius 1 is 1.07 bits per heavy atom. The third-order valence-corrected chi connectivity index (χ3v) is 4.51. The molecule has 29 heavy (non-hydrogen) atoms. The summed E-state index contributed by atoms with van der Waals surface area (Å²) < 4.78 is 31.4. The van der Waals surface area contributed by atoms with Crippen molar-refractivity contribution in [3.05, 3.63) is 71.6 Å². The van der Waals surface area contributed by atoms with Gasteiger partial charge in [0.2, 0.25) is 0 Å². The zero-order chi connectivity index (χ0) is 21.0. The molecule has 3 aromatic rings. The monoisotopic (exact) mass is 399 g/mol. The summed E-state index contributed by atoms with van der Waals surface area (Å²) in [7, 11) is 6.34. The quantitative estimate of drug-likeness (QED) is 0.661. The van der Waals surface area contributed by atoms with Gasteiger partial charge in [0.25, 0.3) is 5.91 Å². The van der Waals surface area contributed by atoms with Crippen molar-refractivity contribution in [1.82, 2.24) is 14.9 Å². The second kappa shape index (κ2) is 8.64. The van der Waals surface area contributed by atoms with Gasteiger partial charge < -0.3 is 24.1 Å². The number of nitrogens with zero attached hydrogens (tertiary/aromatic N) is 2. The molecule has 0 aliphatic rings. The highest BCUT2D eigenvalue weighted by atomic mass is 19.1. The smallest absolute Gasteiger partial charge is 0.256 e. The predicted octanol–water partition coefficient (Wildman–Crippen LogP) is 3.10. The van der Waals surface area contributed by atoms with Crippen molar-refractivity contribution in [2.24, 2.45) is 7.05 Å². The van der Waals surface area contributed by atoms with Crippen molar-refractivity contribution in [2.75, 3.05) is 21.3 Å². The molecule has 0 saturated carbocycles.